The largest absolute Gasteiger partial charge is 0.348 e. The van der Waals surface area contributed by atoms with Crippen molar-refractivity contribution in [2.24, 2.45) is 5.92 Å². The zero-order valence-electron chi connectivity index (χ0n) is 18.7. The highest BCUT2D eigenvalue weighted by Crippen LogP contribution is 2.39. The molecule has 1 aliphatic carbocycles. The van der Waals surface area contributed by atoms with Crippen molar-refractivity contribution < 1.29 is 13.9 Å². The van der Waals surface area contributed by atoms with E-state index in [2.05, 4.69) is 24.7 Å². The second kappa shape index (κ2) is 14.6. The van der Waals surface area contributed by atoms with Crippen LogP contribution in [-0.2, 0) is 15.9 Å². The van der Waals surface area contributed by atoms with Crippen LogP contribution in [-0.4, -0.2) is 43.5 Å². The van der Waals surface area contributed by atoms with Gasteiger partial charge in [0.25, 0.3) is 0 Å². The van der Waals surface area contributed by atoms with Gasteiger partial charge >= 0.3 is 0 Å². The molecule has 0 aromatic heterocycles. The van der Waals surface area contributed by atoms with Crippen molar-refractivity contribution >= 4 is 0 Å². The maximum absolute atomic E-state index is 13.0. The first-order chi connectivity index (χ1) is 14.2. The van der Waals surface area contributed by atoms with E-state index in [1.165, 1.54) is 24.8 Å². The van der Waals surface area contributed by atoms with E-state index in [0.29, 0.717) is 5.92 Å². The van der Waals surface area contributed by atoms with Crippen LogP contribution < -0.4 is 0 Å². The van der Waals surface area contributed by atoms with Crippen LogP contribution in [0.15, 0.2) is 24.3 Å². The van der Waals surface area contributed by atoms with Gasteiger partial charge in [0.05, 0.1) is 13.2 Å². The van der Waals surface area contributed by atoms with E-state index in [9.17, 15) is 4.39 Å². The third-order valence-electron chi connectivity index (χ3n) is 5.49. The van der Waals surface area contributed by atoms with Crippen molar-refractivity contribution in [2.45, 2.75) is 71.5 Å². The maximum atomic E-state index is 13.0. The lowest BCUT2D eigenvalue weighted by atomic mass is 9.84. The maximum Gasteiger partial charge on any atom is 0.168 e. The lowest BCUT2D eigenvalue weighted by molar-refractivity contribution is -0.188. The van der Waals surface area contributed by atoms with E-state index < -0.39 is 0 Å². The lowest BCUT2D eigenvalue weighted by Gasteiger charge is -2.38. The number of hydrogen-bond acceptors (Lipinski definition) is 3. The average Bonchev–Trinajstić information content (AvgIpc) is 3.20. The van der Waals surface area contributed by atoms with E-state index in [0.717, 1.165) is 58.5 Å². The van der Waals surface area contributed by atoms with Crippen LogP contribution >= 0.6 is 0 Å². The smallest absolute Gasteiger partial charge is 0.168 e. The molecule has 0 N–H and O–H groups in total. The molecule has 164 valence electrons. The Balaban J connectivity index is 0.000000989. The Morgan fingerprint density at radius 3 is 2.38 bits per heavy atom. The number of halogens is 1. The molecule has 1 aromatic carbocycles. The summed E-state index contributed by atoms with van der Waals surface area (Å²) >= 11 is 0. The van der Waals surface area contributed by atoms with Crippen molar-refractivity contribution in [3.05, 3.63) is 35.6 Å². The summed E-state index contributed by atoms with van der Waals surface area (Å²) in [6, 6.07) is 6.92. The molecule has 1 aromatic rings. The first-order valence-electron chi connectivity index (χ1n) is 11.3. The summed E-state index contributed by atoms with van der Waals surface area (Å²) in [7, 11) is 0. The van der Waals surface area contributed by atoms with Crippen LogP contribution in [0, 0.1) is 24.6 Å². The molecule has 1 aliphatic heterocycles. The zero-order chi connectivity index (χ0) is 21.5. The molecular weight excluding hydrogens is 365 g/mol. The molecule has 1 spiro atoms. The molecule has 0 radical (unpaired) electrons. The molecule has 2 aliphatic rings. The van der Waals surface area contributed by atoms with Gasteiger partial charge in [-0.2, -0.15) is 0 Å². The fourth-order valence-electron chi connectivity index (χ4n) is 4.35. The van der Waals surface area contributed by atoms with Gasteiger partial charge in [0.2, 0.25) is 0 Å². The first-order valence-corrected chi connectivity index (χ1v) is 11.3. The first kappa shape index (κ1) is 25.6. The van der Waals surface area contributed by atoms with Gasteiger partial charge in [-0.05, 0) is 68.8 Å². The number of terminal acetylenes is 1. The van der Waals surface area contributed by atoms with Gasteiger partial charge in [0, 0.05) is 19.4 Å². The SMILES string of the molecule is C#C.CC.CCCN(CCCc1ccc(F)cc1)C[C@H]1CCCC2(C1)OCCO2. The summed E-state index contributed by atoms with van der Waals surface area (Å²) in [5, 5.41) is 0. The van der Waals surface area contributed by atoms with Crippen molar-refractivity contribution in [1.29, 1.82) is 0 Å². The fourth-order valence-corrected chi connectivity index (χ4v) is 4.35. The third-order valence-corrected chi connectivity index (χ3v) is 5.49. The lowest BCUT2D eigenvalue weighted by Crippen LogP contribution is -2.41. The highest BCUT2D eigenvalue weighted by atomic mass is 19.1. The number of ether oxygens (including phenoxy) is 2. The summed E-state index contributed by atoms with van der Waals surface area (Å²) in [5.74, 6) is 0.248. The monoisotopic (exact) mass is 405 g/mol. The van der Waals surface area contributed by atoms with Crippen LogP contribution in [0.25, 0.3) is 0 Å². The van der Waals surface area contributed by atoms with Gasteiger partial charge in [0.15, 0.2) is 5.79 Å². The summed E-state index contributed by atoms with van der Waals surface area (Å²) in [4.78, 5) is 2.60. The molecule has 0 amide bonds. The van der Waals surface area contributed by atoms with E-state index in [4.69, 9.17) is 9.47 Å². The molecule has 1 saturated carbocycles. The molecule has 0 unspecified atom stereocenters. The van der Waals surface area contributed by atoms with Gasteiger partial charge in [-0.25, -0.2) is 4.39 Å². The molecule has 3 rings (SSSR count). The standard InChI is InChI=1S/C21H32FNO2.C2H6.C2H2/c1-2-12-23(13-4-6-18-7-9-20(22)10-8-18)17-19-5-3-11-21(16-19)24-14-15-25-21;2*1-2/h7-10,19H,2-6,11-17H2,1H3;1-2H3;1-2H/t19-;;/m0../s1. The Morgan fingerprint density at radius 2 is 1.76 bits per heavy atom. The highest BCUT2D eigenvalue weighted by molar-refractivity contribution is 5.16. The molecule has 3 nitrogen and oxygen atoms in total. The minimum absolute atomic E-state index is 0.154. The number of benzene rings is 1. The van der Waals surface area contributed by atoms with E-state index in [-0.39, 0.29) is 11.6 Å². The molecule has 29 heavy (non-hydrogen) atoms. The normalized spacial score (nSPS) is 19.9. The quantitative estimate of drug-likeness (QED) is 0.520. The number of hydrogen-bond donors (Lipinski definition) is 0. The van der Waals surface area contributed by atoms with Gasteiger partial charge in [0.1, 0.15) is 5.82 Å². The molecule has 2 fully saturated rings. The Morgan fingerprint density at radius 1 is 1.10 bits per heavy atom. The Hall–Kier alpha value is -1.41. The summed E-state index contributed by atoms with van der Waals surface area (Å²) in [6.45, 7) is 11.2. The third kappa shape index (κ3) is 8.86. The zero-order valence-corrected chi connectivity index (χ0v) is 18.7. The van der Waals surface area contributed by atoms with Crippen LogP contribution in [0.1, 0.15) is 64.9 Å². The summed E-state index contributed by atoms with van der Waals surface area (Å²) in [5.41, 5.74) is 1.22. The summed E-state index contributed by atoms with van der Waals surface area (Å²) < 4.78 is 24.9. The second-order valence-electron chi connectivity index (χ2n) is 7.60. The number of nitrogens with zero attached hydrogens (tertiary/aromatic N) is 1. The topological polar surface area (TPSA) is 21.7 Å². The minimum Gasteiger partial charge on any atom is -0.348 e. The van der Waals surface area contributed by atoms with Crippen molar-refractivity contribution in [3.63, 3.8) is 0 Å². The Bertz CT molecular complexity index is 552. The molecule has 1 heterocycles. The molecule has 4 heteroatoms. The minimum atomic E-state index is -0.269. The van der Waals surface area contributed by atoms with Crippen LogP contribution in [0.4, 0.5) is 4.39 Å². The van der Waals surface area contributed by atoms with Crippen LogP contribution in [0.5, 0.6) is 0 Å². The Kier molecular flexibility index (Phi) is 12.9. The van der Waals surface area contributed by atoms with Crippen LogP contribution in [0.3, 0.4) is 0 Å². The van der Waals surface area contributed by atoms with Gasteiger partial charge in [-0.15, -0.1) is 12.8 Å². The van der Waals surface area contributed by atoms with Gasteiger partial charge < -0.3 is 14.4 Å². The number of rotatable bonds is 8. The predicted molar refractivity (Wildman–Crippen MR) is 119 cm³/mol. The summed E-state index contributed by atoms with van der Waals surface area (Å²) in [6.07, 6.45) is 15.9. The second-order valence-corrected chi connectivity index (χ2v) is 7.60. The van der Waals surface area contributed by atoms with E-state index >= 15 is 0 Å². The van der Waals surface area contributed by atoms with E-state index in [1.54, 1.807) is 12.1 Å². The molecular formula is C25H40FNO2. The molecule has 0 bridgehead atoms. The molecule has 1 atom stereocenters. The van der Waals surface area contributed by atoms with Crippen LogP contribution in [0.2, 0.25) is 0 Å². The van der Waals surface area contributed by atoms with Crippen molar-refractivity contribution in [1.82, 2.24) is 4.90 Å². The molecule has 1 saturated heterocycles. The fraction of sp³-hybridized carbons (Fsp3) is 0.680. The van der Waals surface area contributed by atoms with Gasteiger partial charge in [-0.1, -0.05) is 32.9 Å². The van der Waals surface area contributed by atoms with E-state index in [1.807, 2.05) is 26.0 Å². The predicted octanol–water partition coefficient (Wildman–Crippen LogP) is 5.68. The van der Waals surface area contributed by atoms with Gasteiger partial charge in [-0.3, -0.25) is 0 Å². The highest BCUT2D eigenvalue weighted by Gasteiger charge is 2.41. The van der Waals surface area contributed by atoms with Crippen molar-refractivity contribution in [2.75, 3.05) is 32.8 Å². The number of aryl methyl sites for hydroxylation is 1. The average molecular weight is 406 g/mol. The Labute approximate surface area is 178 Å². The van der Waals surface area contributed by atoms with Crippen molar-refractivity contribution in [3.8, 4) is 12.8 Å².